The van der Waals surface area contributed by atoms with Gasteiger partial charge in [0.1, 0.15) is 11.6 Å². The lowest BCUT2D eigenvalue weighted by atomic mass is 9.93. The van der Waals surface area contributed by atoms with Crippen LogP contribution < -0.4 is 10.6 Å². The first-order chi connectivity index (χ1) is 15.1. The van der Waals surface area contributed by atoms with Crippen molar-refractivity contribution in [2.75, 3.05) is 30.3 Å². The molecule has 6 nitrogen and oxygen atoms in total. The number of benzene rings is 1. The van der Waals surface area contributed by atoms with Crippen LogP contribution in [0, 0.1) is 6.92 Å². The van der Waals surface area contributed by atoms with Crippen LogP contribution >= 0.6 is 11.6 Å². The van der Waals surface area contributed by atoms with Crippen molar-refractivity contribution in [1.29, 1.82) is 0 Å². The van der Waals surface area contributed by atoms with Crippen molar-refractivity contribution >= 4 is 34.8 Å². The molecule has 0 saturated carbocycles. The van der Waals surface area contributed by atoms with Gasteiger partial charge in [-0.3, -0.25) is 4.79 Å². The van der Waals surface area contributed by atoms with Crippen LogP contribution in [-0.4, -0.2) is 40.4 Å². The SMILES string of the molecule is Cc1c(Cl)cccc1NCC(=O)N1CCC(c2cccc(Nc3ccccn3)n2)CC1. The zero-order chi connectivity index (χ0) is 21.6. The summed E-state index contributed by atoms with van der Waals surface area (Å²) in [6.45, 7) is 3.69. The van der Waals surface area contributed by atoms with Gasteiger partial charge in [-0.1, -0.05) is 29.8 Å². The smallest absolute Gasteiger partial charge is 0.241 e. The van der Waals surface area contributed by atoms with E-state index in [9.17, 15) is 4.79 Å². The molecule has 0 radical (unpaired) electrons. The number of piperidine rings is 1. The molecule has 1 saturated heterocycles. The Kier molecular flexibility index (Phi) is 6.67. The molecule has 3 heterocycles. The van der Waals surface area contributed by atoms with Crippen LogP contribution in [0.4, 0.5) is 17.3 Å². The first kappa shape index (κ1) is 21.1. The molecule has 0 atom stereocenters. The van der Waals surface area contributed by atoms with Gasteiger partial charge >= 0.3 is 0 Å². The highest BCUT2D eigenvalue weighted by atomic mass is 35.5. The molecule has 160 valence electrons. The molecule has 0 bridgehead atoms. The minimum absolute atomic E-state index is 0.108. The summed E-state index contributed by atoms with van der Waals surface area (Å²) < 4.78 is 0. The van der Waals surface area contributed by atoms with Crippen molar-refractivity contribution in [3.05, 3.63) is 77.1 Å². The molecule has 0 aliphatic carbocycles. The van der Waals surface area contributed by atoms with Gasteiger partial charge in [0.2, 0.25) is 5.91 Å². The van der Waals surface area contributed by atoms with Gasteiger partial charge < -0.3 is 15.5 Å². The topological polar surface area (TPSA) is 70.2 Å². The predicted octanol–water partition coefficient (Wildman–Crippen LogP) is 5.00. The van der Waals surface area contributed by atoms with Crippen LogP contribution in [0.1, 0.15) is 30.0 Å². The summed E-state index contributed by atoms with van der Waals surface area (Å²) in [4.78, 5) is 23.7. The molecule has 1 aliphatic heterocycles. The maximum Gasteiger partial charge on any atom is 0.241 e. The van der Waals surface area contributed by atoms with Crippen LogP contribution in [0.5, 0.6) is 0 Å². The van der Waals surface area contributed by atoms with Gasteiger partial charge in [-0.2, -0.15) is 0 Å². The number of pyridine rings is 2. The number of amides is 1. The normalized spacial score (nSPS) is 14.3. The highest BCUT2D eigenvalue weighted by Gasteiger charge is 2.24. The molecule has 4 rings (SSSR count). The summed E-state index contributed by atoms with van der Waals surface area (Å²) in [5.41, 5.74) is 2.92. The molecular weight excluding hydrogens is 410 g/mol. The molecule has 3 aromatic rings. The molecule has 0 spiro atoms. The molecule has 2 N–H and O–H groups in total. The number of hydrogen-bond donors (Lipinski definition) is 2. The van der Waals surface area contributed by atoms with Gasteiger partial charge in [-0.15, -0.1) is 0 Å². The van der Waals surface area contributed by atoms with Gasteiger partial charge in [-0.05, 0) is 61.7 Å². The number of halogens is 1. The van der Waals surface area contributed by atoms with Crippen molar-refractivity contribution < 1.29 is 4.79 Å². The highest BCUT2D eigenvalue weighted by Crippen LogP contribution is 2.28. The number of anilines is 3. The van der Waals surface area contributed by atoms with Gasteiger partial charge in [0.05, 0.1) is 6.54 Å². The first-order valence-corrected chi connectivity index (χ1v) is 10.9. The molecule has 7 heteroatoms. The molecule has 1 amide bonds. The molecule has 1 fully saturated rings. The zero-order valence-electron chi connectivity index (χ0n) is 17.5. The van der Waals surface area contributed by atoms with Crippen LogP contribution in [0.3, 0.4) is 0 Å². The maximum absolute atomic E-state index is 12.7. The van der Waals surface area contributed by atoms with E-state index in [-0.39, 0.29) is 12.5 Å². The van der Waals surface area contributed by atoms with Crippen molar-refractivity contribution in [2.45, 2.75) is 25.7 Å². The summed E-state index contributed by atoms with van der Waals surface area (Å²) in [6.07, 6.45) is 3.56. The lowest BCUT2D eigenvalue weighted by molar-refractivity contribution is -0.130. The summed E-state index contributed by atoms with van der Waals surface area (Å²) in [5, 5.41) is 7.17. The van der Waals surface area contributed by atoms with E-state index in [1.807, 2.05) is 60.4 Å². The first-order valence-electron chi connectivity index (χ1n) is 10.5. The van der Waals surface area contributed by atoms with Crippen molar-refractivity contribution in [3.63, 3.8) is 0 Å². The predicted molar refractivity (Wildman–Crippen MR) is 125 cm³/mol. The van der Waals surface area contributed by atoms with Crippen molar-refractivity contribution in [2.24, 2.45) is 0 Å². The van der Waals surface area contributed by atoms with Crippen molar-refractivity contribution in [3.8, 4) is 0 Å². The monoisotopic (exact) mass is 435 g/mol. The summed E-state index contributed by atoms with van der Waals surface area (Å²) in [5.74, 6) is 2.01. The Bertz CT molecular complexity index is 1040. The Morgan fingerprint density at radius 1 is 1.06 bits per heavy atom. The highest BCUT2D eigenvalue weighted by molar-refractivity contribution is 6.31. The van der Waals surface area contributed by atoms with Crippen LogP contribution in [0.15, 0.2) is 60.8 Å². The maximum atomic E-state index is 12.7. The van der Waals surface area contributed by atoms with Crippen LogP contribution in [0.2, 0.25) is 5.02 Å². The van der Waals surface area contributed by atoms with Gasteiger partial charge in [0.15, 0.2) is 0 Å². The Balaban J connectivity index is 1.31. The summed E-state index contributed by atoms with van der Waals surface area (Å²) in [7, 11) is 0. The van der Waals surface area contributed by atoms with E-state index in [0.29, 0.717) is 10.9 Å². The van der Waals surface area contributed by atoms with E-state index in [1.165, 1.54) is 0 Å². The third kappa shape index (κ3) is 5.33. The van der Waals surface area contributed by atoms with E-state index >= 15 is 0 Å². The van der Waals surface area contributed by atoms with E-state index < -0.39 is 0 Å². The minimum Gasteiger partial charge on any atom is -0.376 e. The molecule has 1 aromatic carbocycles. The van der Waals surface area contributed by atoms with E-state index in [2.05, 4.69) is 21.7 Å². The van der Waals surface area contributed by atoms with E-state index in [4.69, 9.17) is 16.6 Å². The molecule has 2 aromatic heterocycles. The molecule has 1 aliphatic rings. The largest absolute Gasteiger partial charge is 0.376 e. The Hall–Kier alpha value is -3.12. The number of nitrogens with zero attached hydrogens (tertiary/aromatic N) is 3. The molecule has 31 heavy (non-hydrogen) atoms. The van der Waals surface area contributed by atoms with Crippen LogP contribution in [0.25, 0.3) is 0 Å². The standard InChI is InChI=1S/C24H26ClN5O/c1-17-19(25)6-4-7-20(17)27-16-24(31)30-14-11-18(12-15-30)21-8-5-10-23(28-21)29-22-9-2-3-13-26-22/h2-10,13,18,27H,11-12,14-16H2,1H3,(H,26,28,29). The fourth-order valence-corrected chi connectivity index (χ4v) is 4.00. The second kappa shape index (κ2) is 9.79. The third-order valence-corrected chi connectivity index (χ3v) is 6.06. The van der Waals surface area contributed by atoms with E-state index in [0.717, 1.165) is 54.5 Å². The average Bonchev–Trinajstić information content (AvgIpc) is 2.81. The number of nitrogens with one attached hydrogen (secondary N) is 2. The number of hydrogen-bond acceptors (Lipinski definition) is 5. The molecule has 0 unspecified atom stereocenters. The number of likely N-dealkylation sites (tertiary alicyclic amines) is 1. The third-order valence-electron chi connectivity index (χ3n) is 5.66. The summed E-state index contributed by atoms with van der Waals surface area (Å²) >= 11 is 6.16. The van der Waals surface area contributed by atoms with Crippen molar-refractivity contribution in [1.82, 2.24) is 14.9 Å². The van der Waals surface area contributed by atoms with Gasteiger partial charge in [-0.25, -0.2) is 9.97 Å². The number of carbonyl (C=O) groups is 1. The van der Waals surface area contributed by atoms with Crippen LogP contribution in [-0.2, 0) is 4.79 Å². The summed E-state index contributed by atoms with van der Waals surface area (Å²) in [6, 6.07) is 17.4. The lowest BCUT2D eigenvalue weighted by Crippen LogP contribution is -2.41. The van der Waals surface area contributed by atoms with E-state index in [1.54, 1.807) is 6.20 Å². The average molecular weight is 436 g/mol. The minimum atomic E-state index is 0.108. The fraction of sp³-hybridized carbons (Fsp3) is 0.292. The second-order valence-corrected chi connectivity index (χ2v) is 8.12. The second-order valence-electron chi connectivity index (χ2n) is 7.71. The Morgan fingerprint density at radius 2 is 1.84 bits per heavy atom. The Labute approximate surface area is 187 Å². The number of rotatable bonds is 6. The quantitative estimate of drug-likeness (QED) is 0.570. The fourth-order valence-electron chi connectivity index (χ4n) is 3.82. The van der Waals surface area contributed by atoms with Gasteiger partial charge in [0, 0.05) is 41.6 Å². The number of aromatic nitrogens is 2. The van der Waals surface area contributed by atoms with Gasteiger partial charge in [0.25, 0.3) is 0 Å². The Morgan fingerprint density at radius 3 is 2.61 bits per heavy atom. The number of carbonyl (C=O) groups excluding carboxylic acids is 1. The molecular formula is C24H26ClN5O. The lowest BCUT2D eigenvalue weighted by Gasteiger charge is -2.32. The zero-order valence-corrected chi connectivity index (χ0v) is 18.3.